The fourth-order valence-electron chi connectivity index (χ4n) is 3.30. The normalized spacial score (nSPS) is 17.8. The van der Waals surface area contributed by atoms with Gasteiger partial charge in [-0.1, -0.05) is 30.3 Å². The minimum absolute atomic E-state index is 0.0196. The van der Waals surface area contributed by atoms with Crippen LogP contribution in [0.5, 0.6) is 0 Å². The van der Waals surface area contributed by atoms with Crippen molar-refractivity contribution in [2.24, 2.45) is 0 Å². The summed E-state index contributed by atoms with van der Waals surface area (Å²) in [5, 5.41) is 3.11. The Morgan fingerprint density at radius 1 is 1.12 bits per heavy atom. The Morgan fingerprint density at radius 2 is 1.92 bits per heavy atom. The summed E-state index contributed by atoms with van der Waals surface area (Å²) >= 11 is 0. The van der Waals surface area contributed by atoms with Crippen molar-refractivity contribution in [2.45, 2.75) is 38.3 Å². The summed E-state index contributed by atoms with van der Waals surface area (Å²) in [6.45, 7) is 2.59. The number of nitrogens with one attached hydrogen (secondary N) is 1. The molecule has 1 aliphatic heterocycles. The van der Waals surface area contributed by atoms with Crippen LogP contribution in [-0.2, 0) is 17.8 Å². The van der Waals surface area contributed by atoms with E-state index < -0.39 is 0 Å². The molecule has 0 spiro atoms. The van der Waals surface area contributed by atoms with Crippen molar-refractivity contribution in [2.75, 3.05) is 13.1 Å². The summed E-state index contributed by atoms with van der Waals surface area (Å²) in [5.74, 6) is 0.179. The first-order valence-electron chi connectivity index (χ1n) is 8.77. The molecule has 1 atom stereocenters. The number of aryl methyl sites for hydroxylation is 1. The van der Waals surface area contributed by atoms with Crippen LogP contribution in [-0.4, -0.2) is 34.9 Å². The second-order valence-electron chi connectivity index (χ2n) is 6.36. The summed E-state index contributed by atoms with van der Waals surface area (Å²) in [6.07, 6.45) is 7.62. The zero-order chi connectivity index (χ0) is 16.6. The maximum absolute atomic E-state index is 12.5. The lowest BCUT2D eigenvalue weighted by atomic mass is 10.1. The number of likely N-dealkylation sites (tertiary alicyclic amines) is 1. The Bertz CT molecular complexity index is 630. The molecule has 1 fully saturated rings. The molecule has 0 radical (unpaired) electrons. The first-order chi connectivity index (χ1) is 11.8. The molecule has 0 aliphatic carbocycles. The molecule has 1 unspecified atom stereocenters. The van der Waals surface area contributed by atoms with Gasteiger partial charge in [0, 0.05) is 25.5 Å². The lowest BCUT2D eigenvalue weighted by Crippen LogP contribution is -2.43. The van der Waals surface area contributed by atoms with Crippen LogP contribution in [0.1, 0.15) is 30.4 Å². The molecule has 2 heterocycles. The lowest BCUT2D eigenvalue weighted by molar-refractivity contribution is -0.125. The Morgan fingerprint density at radius 3 is 2.71 bits per heavy atom. The molecule has 3 rings (SSSR count). The number of nitrogens with zero attached hydrogens (tertiary/aromatic N) is 2. The van der Waals surface area contributed by atoms with Gasteiger partial charge in [0.05, 0.1) is 6.04 Å². The monoisotopic (exact) mass is 323 g/mol. The van der Waals surface area contributed by atoms with Crippen molar-refractivity contribution in [1.82, 2.24) is 15.2 Å². The van der Waals surface area contributed by atoms with Crippen LogP contribution in [0.3, 0.4) is 0 Å². The van der Waals surface area contributed by atoms with Gasteiger partial charge in [-0.25, -0.2) is 0 Å². The van der Waals surface area contributed by atoms with Crippen LogP contribution in [0.4, 0.5) is 0 Å². The first kappa shape index (κ1) is 16.7. The summed E-state index contributed by atoms with van der Waals surface area (Å²) in [4.78, 5) is 18.8. The summed E-state index contributed by atoms with van der Waals surface area (Å²) in [7, 11) is 0. The van der Waals surface area contributed by atoms with E-state index in [2.05, 4.69) is 39.5 Å². The third-order valence-corrected chi connectivity index (χ3v) is 4.59. The highest BCUT2D eigenvalue weighted by Gasteiger charge is 2.30. The predicted molar refractivity (Wildman–Crippen MR) is 95.4 cm³/mol. The van der Waals surface area contributed by atoms with Gasteiger partial charge in [0.2, 0.25) is 5.91 Å². The van der Waals surface area contributed by atoms with Gasteiger partial charge in [-0.15, -0.1) is 0 Å². The van der Waals surface area contributed by atoms with Crippen LogP contribution >= 0.6 is 0 Å². The highest BCUT2D eigenvalue weighted by molar-refractivity contribution is 5.82. The fourth-order valence-corrected chi connectivity index (χ4v) is 3.30. The molecule has 0 saturated carbocycles. The van der Waals surface area contributed by atoms with E-state index in [0.29, 0.717) is 0 Å². The zero-order valence-electron chi connectivity index (χ0n) is 14.0. The van der Waals surface area contributed by atoms with Crippen molar-refractivity contribution in [3.63, 3.8) is 0 Å². The largest absolute Gasteiger partial charge is 0.355 e. The first-order valence-corrected chi connectivity index (χ1v) is 8.77. The molecular weight excluding hydrogens is 298 g/mol. The molecular formula is C20H25N3O. The number of hydrogen-bond donors (Lipinski definition) is 1. The van der Waals surface area contributed by atoms with E-state index in [9.17, 15) is 4.79 Å². The average molecular weight is 323 g/mol. The van der Waals surface area contributed by atoms with Gasteiger partial charge in [-0.05, 0) is 55.5 Å². The minimum Gasteiger partial charge on any atom is -0.355 e. The van der Waals surface area contributed by atoms with E-state index in [1.807, 2.05) is 30.6 Å². The number of carbonyl (C=O) groups excluding carboxylic acids is 1. The van der Waals surface area contributed by atoms with Crippen LogP contribution in [0.2, 0.25) is 0 Å². The summed E-state index contributed by atoms with van der Waals surface area (Å²) in [5.41, 5.74) is 2.54. The molecule has 1 aromatic heterocycles. The molecule has 2 aromatic rings. The zero-order valence-corrected chi connectivity index (χ0v) is 14.0. The van der Waals surface area contributed by atoms with Gasteiger partial charge in [-0.3, -0.25) is 14.7 Å². The van der Waals surface area contributed by atoms with E-state index in [1.54, 1.807) is 0 Å². The molecule has 4 heteroatoms. The topological polar surface area (TPSA) is 45.2 Å². The van der Waals surface area contributed by atoms with E-state index >= 15 is 0 Å². The second-order valence-corrected chi connectivity index (χ2v) is 6.36. The van der Waals surface area contributed by atoms with Crippen LogP contribution in [0, 0.1) is 0 Å². The van der Waals surface area contributed by atoms with Crippen LogP contribution in [0.15, 0.2) is 54.9 Å². The number of carbonyl (C=O) groups is 1. The van der Waals surface area contributed by atoms with Gasteiger partial charge in [0.25, 0.3) is 0 Å². The number of pyridine rings is 1. The molecule has 1 aromatic carbocycles. The predicted octanol–water partition coefficient (Wildman–Crippen LogP) is 2.80. The SMILES string of the molecule is O=C(NCCCc1ccncc1)C1CCCN1Cc1ccccc1. The Labute approximate surface area is 143 Å². The van der Waals surface area contributed by atoms with Crippen molar-refractivity contribution < 1.29 is 4.79 Å². The maximum atomic E-state index is 12.5. The fraction of sp³-hybridized carbons (Fsp3) is 0.400. The number of aromatic nitrogens is 1. The molecule has 1 amide bonds. The van der Waals surface area contributed by atoms with Gasteiger partial charge >= 0.3 is 0 Å². The Balaban J connectivity index is 1.43. The van der Waals surface area contributed by atoms with Gasteiger partial charge < -0.3 is 5.32 Å². The van der Waals surface area contributed by atoms with Crippen LogP contribution < -0.4 is 5.32 Å². The number of hydrogen-bond acceptors (Lipinski definition) is 3. The quantitative estimate of drug-likeness (QED) is 0.797. The van der Waals surface area contributed by atoms with Crippen molar-refractivity contribution in [1.29, 1.82) is 0 Å². The number of rotatable bonds is 7. The summed E-state index contributed by atoms with van der Waals surface area (Å²) < 4.78 is 0. The number of benzene rings is 1. The second kappa shape index (κ2) is 8.60. The van der Waals surface area contributed by atoms with Gasteiger partial charge in [-0.2, -0.15) is 0 Å². The van der Waals surface area contributed by atoms with E-state index in [4.69, 9.17) is 0 Å². The third-order valence-electron chi connectivity index (χ3n) is 4.59. The van der Waals surface area contributed by atoms with Gasteiger partial charge in [0.15, 0.2) is 0 Å². The van der Waals surface area contributed by atoms with E-state index in [1.165, 1.54) is 11.1 Å². The smallest absolute Gasteiger partial charge is 0.237 e. The van der Waals surface area contributed by atoms with E-state index in [0.717, 1.165) is 45.3 Å². The van der Waals surface area contributed by atoms with Crippen molar-refractivity contribution >= 4 is 5.91 Å². The Kier molecular flexibility index (Phi) is 5.96. The lowest BCUT2D eigenvalue weighted by Gasteiger charge is -2.23. The highest BCUT2D eigenvalue weighted by Crippen LogP contribution is 2.20. The molecule has 24 heavy (non-hydrogen) atoms. The van der Waals surface area contributed by atoms with Crippen molar-refractivity contribution in [3.8, 4) is 0 Å². The maximum Gasteiger partial charge on any atom is 0.237 e. The molecule has 1 saturated heterocycles. The highest BCUT2D eigenvalue weighted by atomic mass is 16.2. The van der Waals surface area contributed by atoms with Crippen molar-refractivity contribution in [3.05, 3.63) is 66.0 Å². The summed E-state index contributed by atoms with van der Waals surface area (Å²) in [6, 6.07) is 14.5. The molecule has 126 valence electrons. The molecule has 0 bridgehead atoms. The third kappa shape index (κ3) is 4.65. The molecule has 1 aliphatic rings. The average Bonchev–Trinajstić information content (AvgIpc) is 3.08. The number of amides is 1. The van der Waals surface area contributed by atoms with Crippen LogP contribution in [0.25, 0.3) is 0 Å². The Hall–Kier alpha value is -2.20. The van der Waals surface area contributed by atoms with Gasteiger partial charge in [0.1, 0.15) is 0 Å². The molecule has 4 nitrogen and oxygen atoms in total. The van der Waals surface area contributed by atoms with E-state index in [-0.39, 0.29) is 11.9 Å². The minimum atomic E-state index is 0.0196. The standard InChI is InChI=1S/C20H25N3O/c24-20(22-12-4-8-17-10-13-21-14-11-17)19-9-5-15-23(19)16-18-6-2-1-3-7-18/h1-3,6-7,10-11,13-14,19H,4-5,8-9,12,15-16H2,(H,22,24). The molecule has 1 N–H and O–H groups in total.